The van der Waals surface area contributed by atoms with Gasteiger partial charge in [0.2, 0.25) is 0 Å². The maximum atomic E-state index is 5.19. The number of hydrogen-bond acceptors (Lipinski definition) is 2. The SMILES string of the molecule is NC(N)=NCCN1CCCC1. The molecular formula is C7H16N4. The Morgan fingerprint density at radius 3 is 2.45 bits per heavy atom. The molecule has 1 fully saturated rings. The highest BCUT2D eigenvalue weighted by Crippen LogP contribution is 2.05. The van der Waals surface area contributed by atoms with E-state index in [1.807, 2.05) is 0 Å². The van der Waals surface area contributed by atoms with E-state index in [-0.39, 0.29) is 5.96 Å². The average molecular weight is 156 g/mol. The Balaban J connectivity index is 2.07. The van der Waals surface area contributed by atoms with Gasteiger partial charge in [-0.1, -0.05) is 0 Å². The van der Waals surface area contributed by atoms with Crippen LogP contribution in [0.25, 0.3) is 0 Å². The first-order valence-electron chi connectivity index (χ1n) is 4.07. The molecule has 0 aromatic rings. The fraction of sp³-hybridized carbons (Fsp3) is 0.857. The van der Waals surface area contributed by atoms with Crippen molar-refractivity contribution in [3.8, 4) is 0 Å². The zero-order valence-corrected chi connectivity index (χ0v) is 6.79. The zero-order chi connectivity index (χ0) is 8.10. The van der Waals surface area contributed by atoms with Crippen molar-refractivity contribution in [2.75, 3.05) is 26.2 Å². The third-order valence-electron chi connectivity index (χ3n) is 1.91. The van der Waals surface area contributed by atoms with Crippen LogP contribution in [-0.4, -0.2) is 37.0 Å². The molecule has 0 aromatic heterocycles. The molecular weight excluding hydrogens is 140 g/mol. The molecule has 1 aliphatic rings. The number of nitrogens with two attached hydrogens (primary N) is 2. The van der Waals surface area contributed by atoms with Gasteiger partial charge in [0.15, 0.2) is 5.96 Å². The zero-order valence-electron chi connectivity index (χ0n) is 6.79. The molecule has 4 nitrogen and oxygen atoms in total. The summed E-state index contributed by atoms with van der Waals surface area (Å²) >= 11 is 0. The van der Waals surface area contributed by atoms with Gasteiger partial charge in [-0.15, -0.1) is 0 Å². The van der Waals surface area contributed by atoms with Crippen LogP contribution in [0, 0.1) is 0 Å². The van der Waals surface area contributed by atoms with E-state index in [1.54, 1.807) is 0 Å². The first-order valence-corrected chi connectivity index (χ1v) is 4.07. The lowest BCUT2D eigenvalue weighted by atomic mass is 10.4. The molecule has 11 heavy (non-hydrogen) atoms. The molecule has 1 heterocycles. The molecule has 64 valence electrons. The molecule has 0 unspecified atom stereocenters. The molecule has 0 aliphatic carbocycles. The van der Waals surface area contributed by atoms with E-state index >= 15 is 0 Å². The number of guanidine groups is 1. The molecule has 0 bridgehead atoms. The molecule has 0 amide bonds. The van der Waals surface area contributed by atoms with E-state index in [9.17, 15) is 0 Å². The third-order valence-corrected chi connectivity index (χ3v) is 1.91. The van der Waals surface area contributed by atoms with Crippen molar-refractivity contribution in [1.29, 1.82) is 0 Å². The molecule has 0 atom stereocenters. The quantitative estimate of drug-likeness (QED) is 0.421. The van der Waals surface area contributed by atoms with E-state index in [2.05, 4.69) is 9.89 Å². The molecule has 4 N–H and O–H groups in total. The lowest BCUT2D eigenvalue weighted by Crippen LogP contribution is -2.27. The Bertz CT molecular complexity index is 133. The number of hydrogen-bond donors (Lipinski definition) is 2. The Kier molecular flexibility index (Phi) is 3.16. The first kappa shape index (κ1) is 8.33. The molecule has 4 heteroatoms. The molecule has 0 radical (unpaired) electrons. The second-order valence-electron chi connectivity index (χ2n) is 2.86. The van der Waals surface area contributed by atoms with Crippen molar-refractivity contribution in [3.63, 3.8) is 0 Å². The highest BCUT2D eigenvalue weighted by molar-refractivity contribution is 5.75. The fourth-order valence-corrected chi connectivity index (χ4v) is 1.33. The van der Waals surface area contributed by atoms with Gasteiger partial charge < -0.3 is 16.4 Å². The lowest BCUT2D eigenvalue weighted by Gasteiger charge is -2.11. The largest absolute Gasteiger partial charge is 0.370 e. The van der Waals surface area contributed by atoms with E-state index in [4.69, 9.17) is 11.5 Å². The average Bonchev–Trinajstić information content (AvgIpc) is 2.39. The van der Waals surface area contributed by atoms with Crippen molar-refractivity contribution >= 4 is 5.96 Å². The number of rotatable bonds is 3. The minimum atomic E-state index is 0.198. The summed E-state index contributed by atoms with van der Waals surface area (Å²) in [7, 11) is 0. The Morgan fingerprint density at radius 2 is 1.91 bits per heavy atom. The molecule has 1 rings (SSSR count). The van der Waals surface area contributed by atoms with Crippen molar-refractivity contribution in [2.45, 2.75) is 12.8 Å². The van der Waals surface area contributed by atoms with Crippen molar-refractivity contribution < 1.29 is 0 Å². The molecule has 1 saturated heterocycles. The summed E-state index contributed by atoms with van der Waals surface area (Å²) in [5, 5.41) is 0. The van der Waals surface area contributed by atoms with E-state index in [0.717, 1.165) is 13.1 Å². The first-order chi connectivity index (χ1) is 5.29. The van der Waals surface area contributed by atoms with Crippen LogP contribution in [0.5, 0.6) is 0 Å². The van der Waals surface area contributed by atoms with Crippen LogP contribution < -0.4 is 11.5 Å². The van der Waals surface area contributed by atoms with Crippen LogP contribution in [-0.2, 0) is 0 Å². The molecule has 0 saturated carbocycles. The van der Waals surface area contributed by atoms with Crippen LogP contribution in [0.4, 0.5) is 0 Å². The van der Waals surface area contributed by atoms with E-state index < -0.39 is 0 Å². The summed E-state index contributed by atoms with van der Waals surface area (Å²) in [6.07, 6.45) is 2.64. The van der Waals surface area contributed by atoms with Crippen molar-refractivity contribution in [1.82, 2.24) is 4.90 Å². The van der Waals surface area contributed by atoms with Crippen LogP contribution in [0.2, 0.25) is 0 Å². The van der Waals surface area contributed by atoms with Gasteiger partial charge in [-0.3, -0.25) is 4.99 Å². The summed E-state index contributed by atoms with van der Waals surface area (Å²) in [5.41, 5.74) is 10.4. The fourth-order valence-electron chi connectivity index (χ4n) is 1.33. The predicted molar refractivity (Wildman–Crippen MR) is 46.4 cm³/mol. The van der Waals surface area contributed by atoms with E-state index in [0.29, 0.717) is 0 Å². The van der Waals surface area contributed by atoms with Crippen molar-refractivity contribution in [2.24, 2.45) is 16.5 Å². The van der Waals surface area contributed by atoms with Gasteiger partial charge in [0.1, 0.15) is 0 Å². The topological polar surface area (TPSA) is 67.6 Å². The molecule has 1 aliphatic heterocycles. The maximum Gasteiger partial charge on any atom is 0.185 e. The summed E-state index contributed by atoms with van der Waals surface area (Å²) in [6.45, 7) is 4.15. The van der Waals surface area contributed by atoms with Gasteiger partial charge >= 0.3 is 0 Å². The van der Waals surface area contributed by atoms with Gasteiger partial charge in [0.25, 0.3) is 0 Å². The second kappa shape index (κ2) is 4.18. The lowest BCUT2D eigenvalue weighted by molar-refractivity contribution is 0.349. The summed E-state index contributed by atoms with van der Waals surface area (Å²) in [6, 6.07) is 0. The minimum Gasteiger partial charge on any atom is -0.370 e. The minimum absolute atomic E-state index is 0.198. The van der Waals surface area contributed by atoms with Crippen molar-refractivity contribution in [3.05, 3.63) is 0 Å². The van der Waals surface area contributed by atoms with Gasteiger partial charge in [0, 0.05) is 6.54 Å². The Hall–Kier alpha value is -0.770. The van der Waals surface area contributed by atoms with Crippen LogP contribution >= 0.6 is 0 Å². The van der Waals surface area contributed by atoms with Crippen LogP contribution in [0.15, 0.2) is 4.99 Å². The third kappa shape index (κ3) is 3.23. The smallest absolute Gasteiger partial charge is 0.185 e. The van der Waals surface area contributed by atoms with Gasteiger partial charge in [-0.05, 0) is 25.9 Å². The highest BCUT2D eigenvalue weighted by atomic mass is 15.1. The van der Waals surface area contributed by atoms with Gasteiger partial charge in [-0.25, -0.2) is 0 Å². The van der Waals surface area contributed by atoms with Gasteiger partial charge in [-0.2, -0.15) is 0 Å². The normalized spacial score (nSPS) is 18.5. The predicted octanol–water partition coefficient (Wildman–Crippen LogP) is -0.644. The van der Waals surface area contributed by atoms with Crippen LogP contribution in [0.3, 0.4) is 0 Å². The van der Waals surface area contributed by atoms with E-state index in [1.165, 1.54) is 25.9 Å². The number of nitrogens with zero attached hydrogens (tertiary/aromatic N) is 2. The number of aliphatic imine (C=N–C) groups is 1. The Labute approximate surface area is 67.3 Å². The van der Waals surface area contributed by atoms with Gasteiger partial charge in [0.05, 0.1) is 6.54 Å². The maximum absolute atomic E-state index is 5.19. The monoisotopic (exact) mass is 156 g/mol. The molecule has 0 spiro atoms. The highest BCUT2D eigenvalue weighted by Gasteiger charge is 2.09. The summed E-state index contributed by atoms with van der Waals surface area (Å²) < 4.78 is 0. The Morgan fingerprint density at radius 1 is 1.27 bits per heavy atom. The second-order valence-corrected chi connectivity index (χ2v) is 2.86. The standard InChI is InChI=1S/C7H16N4/c8-7(9)10-3-6-11-4-1-2-5-11/h1-6H2,(H4,8,9,10). The molecule has 0 aromatic carbocycles. The number of likely N-dealkylation sites (tertiary alicyclic amines) is 1. The van der Waals surface area contributed by atoms with Crippen LogP contribution in [0.1, 0.15) is 12.8 Å². The summed E-state index contributed by atoms with van der Waals surface area (Å²) in [5.74, 6) is 0.198. The summed E-state index contributed by atoms with van der Waals surface area (Å²) in [4.78, 5) is 6.30.